The van der Waals surface area contributed by atoms with Crippen LogP contribution < -0.4 is 10.6 Å². The predicted molar refractivity (Wildman–Crippen MR) is 79.4 cm³/mol. The summed E-state index contributed by atoms with van der Waals surface area (Å²) in [6.07, 6.45) is 1.34. The molecule has 1 amide bonds. The summed E-state index contributed by atoms with van der Waals surface area (Å²) in [4.78, 5) is 28.4. The van der Waals surface area contributed by atoms with Crippen LogP contribution in [0.5, 0.6) is 0 Å². The van der Waals surface area contributed by atoms with Gasteiger partial charge in [-0.1, -0.05) is 11.6 Å². The molecule has 1 heterocycles. The third-order valence-electron chi connectivity index (χ3n) is 2.68. The third-order valence-corrected chi connectivity index (χ3v) is 2.93. The largest absolute Gasteiger partial charge is 0.480 e. The van der Waals surface area contributed by atoms with Gasteiger partial charge in [-0.3, -0.25) is 14.5 Å². The molecule has 108 valence electrons. The Hall–Kier alpha value is -2.60. The van der Waals surface area contributed by atoms with Gasteiger partial charge in [0.15, 0.2) is 0 Å². The van der Waals surface area contributed by atoms with Crippen LogP contribution in [0.15, 0.2) is 42.6 Å². The van der Waals surface area contributed by atoms with E-state index in [1.54, 1.807) is 24.3 Å². The quantitative estimate of drug-likeness (QED) is 0.901. The molecular weight excluding hydrogens is 294 g/mol. The van der Waals surface area contributed by atoms with Gasteiger partial charge in [0.2, 0.25) is 0 Å². The number of carboxylic acids is 1. The average molecular weight is 306 g/mol. The van der Waals surface area contributed by atoms with Crippen molar-refractivity contribution in [3.8, 4) is 0 Å². The van der Waals surface area contributed by atoms with Crippen LogP contribution in [-0.4, -0.2) is 28.5 Å². The van der Waals surface area contributed by atoms with E-state index in [0.717, 1.165) is 4.90 Å². The van der Waals surface area contributed by atoms with Crippen LogP contribution >= 0.6 is 11.6 Å². The second-order valence-corrected chi connectivity index (χ2v) is 4.67. The second kappa shape index (κ2) is 6.23. The van der Waals surface area contributed by atoms with Gasteiger partial charge < -0.3 is 10.8 Å². The molecule has 0 unspecified atom stereocenters. The lowest BCUT2D eigenvalue weighted by Gasteiger charge is -2.20. The fraction of sp³-hybridized carbons (Fsp3) is 0.0714. The molecule has 21 heavy (non-hydrogen) atoms. The van der Waals surface area contributed by atoms with Crippen molar-refractivity contribution in [2.75, 3.05) is 17.2 Å². The van der Waals surface area contributed by atoms with E-state index >= 15 is 0 Å². The highest BCUT2D eigenvalue weighted by molar-refractivity contribution is 6.30. The minimum Gasteiger partial charge on any atom is -0.480 e. The Morgan fingerprint density at radius 1 is 1.19 bits per heavy atom. The van der Waals surface area contributed by atoms with Gasteiger partial charge in [0.1, 0.15) is 12.2 Å². The lowest BCUT2D eigenvalue weighted by atomic mass is 10.2. The number of halogens is 1. The van der Waals surface area contributed by atoms with E-state index in [0.29, 0.717) is 16.4 Å². The zero-order chi connectivity index (χ0) is 15.4. The van der Waals surface area contributed by atoms with E-state index in [4.69, 9.17) is 22.4 Å². The second-order valence-electron chi connectivity index (χ2n) is 4.24. The maximum atomic E-state index is 12.4. The maximum absolute atomic E-state index is 12.4. The average Bonchev–Trinajstić information content (AvgIpc) is 2.46. The number of carbonyl (C=O) groups excluding carboxylic acids is 1. The zero-order valence-corrected chi connectivity index (χ0v) is 11.6. The number of aliphatic carboxylic acids is 1. The number of anilines is 2. The molecule has 1 aromatic carbocycles. The van der Waals surface area contributed by atoms with Crippen LogP contribution in [0.4, 0.5) is 11.4 Å². The van der Waals surface area contributed by atoms with Crippen molar-refractivity contribution in [1.82, 2.24) is 4.98 Å². The Bertz CT molecular complexity index is 656. The molecule has 0 aliphatic carbocycles. The topological polar surface area (TPSA) is 96.5 Å². The summed E-state index contributed by atoms with van der Waals surface area (Å²) in [6.45, 7) is -0.480. The minimum atomic E-state index is -1.13. The SMILES string of the molecule is Nc1ccc(C(=O)N(CC(=O)O)c2ccc(Cl)cc2)nc1. The number of aromatic nitrogens is 1. The highest BCUT2D eigenvalue weighted by atomic mass is 35.5. The number of hydrogen-bond donors (Lipinski definition) is 2. The predicted octanol–water partition coefficient (Wildman–Crippen LogP) is 2.05. The number of amides is 1. The molecule has 0 bridgehead atoms. The van der Waals surface area contributed by atoms with E-state index in [1.165, 1.54) is 18.3 Å². The number of nitrogens with two attached hydrogens (primary N) is 1. The molecule has 0 saturated heterocycles. The molecule has 7 heteroatoms. The van der Waals surface area contributed by atoms with Crippen LogP contribution in [0.1, 0.15) is 10.5 Å². The molecule has 2 aromatic rings. The van der Waals surface area contributed by atoms with Gasteiger partial charge in [0.25, 0.3) is 5.91 Å². The van der Waals surface area contributed by atoms with Gasteiger partial charge in [0, 0.05) is 10.7 Å². The molecule has 0 aliphatic rings. The van der Waals surface area contributed by atoms with Gasteiger partial charge >= 0.3 is 5.97 Å². The number of hydrogen-bond acceptors (Lipinski definition) is 4. The molecule has 0 radical (unpaired) electrons. The summed E-state index contributed by atoms with van der Waals surface area (Å²) in [7, 11) is 0. The van der Waals surface area contributed by atoms with Gasteiger partial charge in [-0.15, -0.1) is 0 Å². The Morgan fingerprint density at radius 3 is 2.38 bits per heavy atom. The Balaban J connectivity index is 2.35. The van der Waals surface area contributed by atoms with Crippen molar-refractivity contribution in [2.45, 2.75) is 0 Å². The van der Waals surface area contributed by atoms with Gasteiger partial charge in [-0.2, -0.15) is 0 Å². The van der Waals surface area contributed by atoms with Crippen LogP contribution in [0.3, 0.4) is 0 Å². The Labute approximate surface area is 125 Å². The van der Waals surface area contributed by atoms with Crippen LogP contribution in [0.2, 0.25) is 5.02 Å². The van der Waals surface area contributed by atoms with Crippen molar-refractivity contribution in [3.05, 3.63) is 53.3 Å². The van der Waals surface area contributed by atoms with Crippen LogP contribution in [0, 0.1) is 0 Å². The molecular formula is C14H12ClN3O3. The molecule has 2 rings (SSSR count). The number of nitrogen functional groups attached to an aromatic ring is 1. The first-order valence-electron chi connectivity index (χ1n) is 5.98. The van der Waals surface area contributed by atoms with Crippen molar-refractivity contribution >= 4 is 34.9 Å². The minimum absolute atomic E-state index is 0.111. The van der Waals surface area contributed by atoms with Crippen molar-refractivity contribution < 1.29 is 14.7 Å². The normalized spacial score (nSPS) is 10.1. The summed E-state index contributed by atoms with van der Waals surface area (Å²) in [5.41, 5.74) is 6.47. The van der Waals surface area contributed by atoms with Gasteiger partial charge in [0.05, 0.1) is 11.9 Å². The summed E-state index contributed by atoms with van der Waals surface area (Å²) in [5.74, 6) is -1.66. The molecule has 1 aromatic heterocycles. The van der Waals surface area contributed by atoms with Gasteiger partial charge in [-0.05, 0) is 36.4 Å². The molecule has 0 atom stereocenters. The first-order chi connectivity index (χ1) is 9.97. The van der Waals surface area contributed by atoms with E-state index in [1.807, 2.05) is 0 Å². The molecule has 0 saturated carbocycles. The monoisotopic (exact) mass is 305 g/mol. The molecule has 0 spiro atoms. The fourth-order valence-electron chi connectivity index (χ4n) is 1.71. The van der Waals surface area contributed by atoms with Gasteiger partial charge in [-0.25, -0.2) is 4.98 Å². The van der Waals surface area contributed by atoms with E-state index in [2.05, 4.69) is 4.98 Å². The van der Waals surface area contributed by atoms with Crippen molar-refractivity contribution in [3.63, 3.8) is 0 Å². The zero-order valence-electron chi connectivity index (χ0n) is 10.9. The standard InChI is InChI=1S/C14H12ClN3O3/c15-9-1-4-11(5-2-9)18(8-13(19)20)14(21)12-6-3-10(16)7-17-12/h1-7H,8,16H2,(H,19,20). The molecule has 3 N–H and O–H groups in total. The summed E-state index contributed by atoms with van der Waals surface area (Å²) in [5, 5.41) is 9.47. The Kier molecular flexibility index (Phi) is 4.39. The molecule has 6 nitrogen and oxygen atoms in total. The number of carbonyl (C=O) groups is 2. The highest BCUT2D eigenvalue weighted by Gasteiger charge is 2.21. The smallest absolute Gasteiger partial charge is 0.323 e. The van der Waals surface area contributed by atoms with E-state index in [9.17, 15) is 9.59 Å². The number of nitrogens with zero attached hydrogens (tertiary/aromatic N) is 2. The number of carboxylic acid groups (broad SMARTS) is 1. The van der Waals surface area contributed by atoms with Crippen molar-refractivity contribution in [2.24, 2.45) is 0 Å². The Morgan fingerprint density at radius 2 is 1.86 bits per heavy atom. The first-order valence-corrected chi connectivity index (χ1v) is 6.36. The van der Waals surface area contributed by atoms with Crippen molar-refractivity contribution in [1.29, 1.82) is 0 Å². The van der Waals surface area contributed by atoms with E-state index < -0.39 is 18.4 Å². The summed E-state index contributed by atoms with van der Waals surface area (Å²) >= 11 is 5.79. The number of rotatable bonds is 4. The van der Waals surface area contributed by atoms with E-state index in [-0.39, 0.29) is 5.69 Å². The lowest BCUT2D eigenvalue weighted by Crippen LogP contribution is -2.36. The fourth-order valence-corrected chi connectivity index (χ4v) is 1.83. The maximum Gasteiger partial charge on any atom is 0.323 e. The summed E-state index contributed by atoms with van der Waals surface area (Å²) in [6, 6.07) is 9.27. The van der Waals surface area contributed by atoms with Crippen LogP contribution in [-0.2, 0) is 4.79 Å². The van der Waals surface area contributed by atoms with Crippen LogP contribution in [0.25, 0.3) is 0 Å². The number of benzene rings is 1. The highest BCUT2D eigenvalue weighted by Crippen LogP contribution is 2.20. The molecule has 0 aliphatic heterocycles. The third kappa shape index (κ3) is 3.70. The number of pyridine rings is 1. The lowest BCUT2D eigenvalue weighted by molar-refractivity contribution is -0.135. The summed E-state index contributed by atoms with van der Waals surface area (Å²) < 4.78 is 0. The molecule has 0 fully saturated rings. The first kappa shape index (κ1) is 14.8.